The predicted octanol–water partition coefficient (Wildman–Crippen LogP) is 2.30. The molecule has 4 aliphatic carbocycles. The Bertz CT molecular complexity index is 314. The van der Waals surface area contributed by atoms with E-state index in [0.717, 1.165) is 24.7 Å². The Morgan fingerprint density at radius 1 is 1.16 bits per heavy atom. The second kappa shape index (κ2) is 5.43. The van der Waals surface area contributed by atoms with Gasteiger partial charge in [0.25, 0.3) is 0 Å². The van der Waals surface area contributed by atoms with E-state index in [9.17, 15) is 4.79 Å². The van der Waals surface area contributed by atoms with Gasteiger partial charge >= 0.3 is 0 Å². The molecular formula is C16H28N2O. The van der Waals surface area contributed by atoms with Gasteiger partial charge in [-0.3, -0.25) is 4.79 Å². The first kappa shape index (κ1) is 13.4. The van der Waals surface area contributed by atoms with Crippen LogP contribution in [-0.4, -0.2) is 18.5 Å². The molecule has 3 heteroatoms. The maximum absolute atomic E-state index is 12.6. The summed E-state index contributed by atoms with van der Waals surface area (Å²) in [5, 5.41) is 3.28. The molecule has 0 aliphatic heterocycles. The number of carbonyl (C=O) groups is 1. The van der Waals surface area contributed by atoms with Gasteiger partial charge in [-0.2, -0.15) is 0 Å². The van der Waals surface area contributed by atoms with Gasteiger partial charge < -0.3 is 11.1 Å². The van der Waals surface area contributed by atoms with Crippen LogP contribution >= 0.6 is 0 Å². The highest BCUT2D eigenvalue weighted by Gasteiger charge is 2.50. The van der Waals surface area contributed by atoms with Crippen LogP contribution < -0.4 is 11.1 Å². The SMILES string of the molecule is CCC(CCN)NC(=O)C1C2CC3CC(C2)CC1C3. The van der Waals surface area contributed by atoms with Crippen LogP contribution in [0.15, 0.2) is 0 Å². The van der Waals surface area contributed by atoms with Gasteiger partial charge in [0.15, 0.2) is 0 Å². The largest absolute Gasteiger partial charge is 0.353 e. The molecule has 4 rings (SSSR count). The minimum atomic E-state index is 0.287. The van der Waals surface area contributed by atoms with Crippen LogP contribution in [0.4, 0.5) is 0 Å². The lowest BCUT2D eigenvalue weighted by molar-refractivity contribution is -0.138. The number of hydrogen-bond donors (Lipinski definition) is 2. The van der Waals surface area contributed by atoms with E-state index in [2.05, 4.69) is 12.2 Å². The summed E-state index contributed by atoms with van der Waals surface area (Å²) in [6.45, 7) is 2.80. The Labute approximate surface area is 116 Å². The topological polar surface area (TPSA) is 55.1 Å². The number of hydrogen-bond acceptors (Lipinski definition) is 2. The molecule has 0 aromatic rings. The zero-order chi connectivity index (χ0) is 13.4. The molecule has 0 aromatic carbocycles. The summed E-state index contributed by atoms with van der Waals surface area (Å²) in [6, 6.07) is 0.287. The van der Waals surface area contributed by atoms with Crippen LogP contribution in [0.5, 0.6) is 0 Å². The van der Waals surface area contributed by atoms with Crippen molar-refractivity contribution in [1.29, 1.82) is 0 Å². The van der Waals surface area contributed by atoms with Gasteiger partial charge in [-0.1, -0.05) is 6.92 Å². The van der Waals surface area contributed by atoms with E-state index >= 15 is 0 Å². The van der Waals surface area contributed by atoms with Gasteiger partial charge in [0.05, 0.1) is 0 Å². The fourth-order valence-corrected chi connectivity index (χ4v) is 5.23. The fourth-order valence-electron chi connectivity index (χ4n) is 5.23. The number of nitrogens with two attached hydrogens (primary N) is 1. The van der Waals surface area contributed by atoms with Gasteiger partial charge in [0, 0.05) is 12.0 Å². The molecule has 1 atom stereocenters. The smallest absolute Gasteiger partial charge is 0.223 e. The highest BCUT2D eigenvalue weighted by molar-refractivity contribution is 5.80. The number of nitrogens with one attached hydrogen (secondary N) is 1. The van der Waals surface area contributed by atoms with E-state index < -0.39 is 0 Å². The molecule has 4 aliphatic rings. The average molecular weight is 264 g/mol. The predicted molar refractivity (Wildman–Crippen MR) is 76.4 cm³/mol. The Balaban J connectivity index is 1.63. The molecule has 3 N–H and O–H groups in total. The second-order valence-electron chi connectivity index (χ2n) is 7.15. The molecule has 3 nitrogen and oxygen atoms in total. The lowest BCUT2D eigenvalue weighted by Gasteiger charge is -2.53. The number of amides is 1. The third kappa shape index (κ3) is 2.54. The maximum atomic E-state index is 12.6. The number of carbonyl (C=O) groups excluding carboxylic acids is 1. The van der Waals surface area contributed by atoms with Crippen LogP contribution in [0.2, 0.25) is 0 Å². The van der Waals surface area contributed by atoms with Crippen molar-refractivity contribution in [3.05, 3.63) is 0 Å². The van der Waals surface area contributed by atoms with Crippen LogP contribution in [0.3, 0.4) is 0 Å². The monoisotopic (exact) mass is 264 g/mol. The molecule has 1 amide bonds. The zero-order valence-electron chi connectivity index (χ0n) is 12.1. The van der Waals surface area contributed by atoms with E-state index in [0.29, 0.717) is 30.2 Å². The minimum Gasteiger partial charge on any atom is -0.353 e. The van der Waals surface area contributed by atoms with Crippen molar-refractivity contribution >= 4 is 5.91 Å². The van der Waals surface area contributed by atoms with Gasteiger partial charge in [0.1, 0.15) is 0 Å². The minimum absolute atomic E-state index is 0.287. The van der Waals surface area contributed by atoms with Gasteiger partial charge in [-0.05, 0) is 75.2 Å². The Morgan fingerprint density at radius 3 is 2.21 bits per heavy atom. The summed E-state index contributed by atoms with van der Waals surface area (Å²) in [5.74, 6) is 3.92. The molecular weight excluding hydrogens is 236 g/mol. The van der Waals surface area contributed by atoms with Crippen molar-refractivity contribution < 1.29 is 4.79 Å². The third-order valence-corrected chi connectivity index (χ3v) is 5.88. The normalized spacial score (nSPS) is 41.3. The first-order valence-corrected chi connectivity index (χ1v) is 8.21. The lowest BCUT2D eigenvalue weighted by Crippen LogP contribution is -2.52. The van der Waals surface area contributed by atoms with Crippen LogP contribution in [0.1, 0.15) is 51.9 Å². The van der Waals surface area contributed by atoms with Crippen LogP contribution in [0, 0.1) is 29.6 Å². The maximum Gasteiger partial charge on any atom is 0.223 e. The molecule has 1 unspecified atom stereocenters. The lowest BCUT2D eigenvalue weighted by atomic mass is 9.51. The van der Waals surface area contributed by atoms with E-state index in [1.54, 1.807) is 0 Å². The number of rotatable bonds is 5. The van der Waals surface area contributed by atoms with Crippen molar-refractivity contribution in [1.82, 2.24) is 5.32 Å². The summed E-state index contributed by atoms with van der Waals surface area (Å²) in [7, 11) is 0. The Hall–Kier alpha value is -0.570. The second-order valence-corrected chi connectivity index (χ2v) is 7.15. The van der Waals surface area contributed by atoms with E-state index in [1.165, 1.54) is 32.1 Å². The molecule has 108 valence electrons. The molecule has 0 spiro atoms. The Kier molecular flexibility index (Phi) is 3.84. The first-order valence-electron chi connectivity index (χ1n) is 8.21. The van der Waals surface area contributed by atoms with Crippen molar-refractivity contribution in [2.24, 2.45) is 35.3 Å². The molecule has 4 fully saturated rings. The van der Waals surface area contributed by atoms with Crippen LogP contribution in [0.25, 0.3) is 0 Å². The Morgan fingerprint density at radius 2 is 1.74 bits per heavy atom. The summed E-state index contributed by atoms with van der Waals surface area (Å²) < 4.78 is 0. The van der Waals surface area contributed by atoms with E-state index in [1.807, 2.05) is 0 Å². The van der Waals surface area contributed by atoms with Crippen molar-refractivity contribution in [3.63, 3.8) is 0 Å². The van der Waals surface area contributed by atoms with Gasteiger partial charge in [0.2, 0.25) is 5.91 Å². The molecule has 0 aromatic heterocycles. The molecule has 4 saturated carbocycles. The molecule has 0 radical (unpaired) electrons. The average Bonchev–Trinajstić information content (AvgIpc) is 2.36. The highest BCUT2D eigenvalue weighted by atomic mass is 16.2. The van der Waals surface area contributed by atoms with Crippen LogP contribution in [-0.2, 0) is 4.79 Å². The molecule has 0 saturated heterocycles. The summed E-state index contributed by atoms with van der Waals surface area (Å²) in [4.78, 5) is 12.6. The fraction of sp³-hybridized carbons (Fsp3) is 0.938. The molecule has 0 heterocycles. The molecule has 19 heavy (non-hydrogen) atoms. The summed E-state index contributed by atoms with van der Waals surface area (Å²) >= 11 is 0. The summed E-state index contributed by atoms with van der Waals surface area (Å²) in [6.07, 6.45) is 8.63. The quantitative estimate of drug-likeness (QED) is 0.800. The highest BCUT2D eigenvalue weighted by Crippen LogP contribution is 2.56. The van der Waals surface area contributed by atoms with Gasteiger partial charge in [-0.25, -0.2) is 0 Å². The van der Waals surface area contributed by atoms with E-state index in [4.69, 9.17) is 5.73 Å². The summed E-state index contributed by atoms with van der Waals surface area (Å²) in [5.41, 5.74) is 5.62. The van der Waals surface area contributed by atoms with Crippen molar-refractivity contribution in [3.8, 4) is 0 Å². The van der Waals surface area contributed by atoms with Crippen molar-refractivity contribution in [2.75, 3.05) is 6.54 Å². The first-order chi connectivity index (χ1) is 9.21. The molecule has 4 bridgehead atoms. The van der Waals surface area contributed by atoms with Gasteiger partial charge in [-0.15, -0.1) is 0 Å². The standard InChI is InChI=1S/C16H28N2O/c1-2-14(3-4-17)18-16(19)15-12-6-10-5-11(8-12)9-13(15)7-10/h10-15H,2-9,17H2,1H3,(H,18,19). The van der Waals surface area contributed by atoms with Crippen molar-refractivity contribution in [2.45, 2.75) is 57.9 Å². The third-order valence-electron chi connectivity index (χ3n) is 5.88. The zero-order valence-corrected chi connectivity index (χ0v) is 12.1. The van der Waals surface area contributed by atoms with E-state index in [-0.39, 0.29) is 6.04 Å².